The quantitative estimate of drug-likeness (QED) is 0.767. The maximum absolute atomic E-state index is 11.2. The van der Waals surface area contributed by atoms with Crippen molar-refractivity contribution in [2.45, 2.75) is 25.5 Å². The minimum Gasteiger partial charge on any atom is -0.285 e. The van der Waals surface area contributed by atoms with Gasteiger partial charge < -0.3 is 0 Å². The first-order valence-corrected chi connectivity index (χ1v) is 5.74. The lowest BCUT2D eigenvalue weighted by Gasteiger charge is -2.23. The molecule has 0 spiro atoms. The van der Waals surface area contributed by atoms with Gasteiger partial charge in [0.25, 0.3) is 10.1 Å². The zero-order valence-corrected chi connectivity index (χ0v) is 9.30. The molecule has 0 radical (unpaired) electrons. The van der Waals surface area contributed by atoms with Gasteiger partial charge in [0.1, 0.15) is 4.75 Å². The van der Waals surface area contributed by atoms with Crippen LogP contribution in [0.1, 0.15) is 25.0 Å². The Bertz CT molecular complexity index is 432. The van der Waals surface area contributed by atoms with Crippen LogP contribution in [0, 0.1) is 6.92 Å². The van der Waals surface area contributed by atoms with E-state index >= 15 is 0 Å². The fraction of sp³-hybridized carbons (Fsp3) is 0.400. The average molecular weight is 214 g/mol. The van der Waals surface area contributed by atoms with Gasteiger partial charge >= 0.3 is 0 Å². The fourth-order valence-corrected chi connectivity index (χ4v) is 1.89. The number of aryl methyl sites for hydroxylation is 1. The van der Waals surface area contributed by atoms with E-state index in [2.05, 4.69) is 0 Å². The normalized spacial score (nSPS) is 12.9. The summed E-state index contributed by atoms with van der Waals surface area (Å²) in [7, 11) is -4.08. The minimum atomic E-state index is -4.08. The molecule has 3 nitrogen and oxygen atoms in total. The van der Waals surface area contributed by atoms with Crippen LogP contribution >= 0.6 is 0 Å². The van der Waals surface area contributed by atoms with Crippen LogP contribution in [-0.4, -0.2) is 13.0 Å². The molecule has 0 amide bonds. The van der Waals surface area contributed by atoms with Gasteiger partial charge in [0.2, 0.25) is 0 Å². The second-order valence-corrected chi connectivity index (χ2v) is 5.77. The van der Waals surface area contributed by atoms with Crippen molar-refractivity contribution in [3.05, 3.63) is 35.4 Å². The SMILES string of the molecule is Cc1ccccc1C(C)(C)S(=O)(=O)O. The third kappa shape index (κ3) is 1.81. The summed E-state index contributed by atoms with van der Waals surface area (Å²) in [5.74, 6) is 0. The zero-order chi connectivity index (χ0) is 11.0. The van der Waals surface area contributed by atoms with Crippen molar-refractivity contribution in [2.75, 3.05) is 0 Å². The Morgan fingerprint density at radius 2 is 1.71 bits per heavy atom. The molecule has 78 valence electrons. The van der Waals surface area contributed by atoms with Crippen LogP contribution in [-0.2, 0) is 14.9 Å². The van der Waals surface area contributed by atoms with Gasteiger partial charge in [0, 0.05) is 0 Å². The molecule has 0 unspecified atom stereocenters. The van der Waals surface area contributed by atoms with Crippen molar-refractivity contribution in [2.24, 2.45) is 0 Å². The van der Waals surface area contributed by atoms with Crippen LogP contribution < -0.4 is 0 Å². The fourth-order valence-electron chi connectivity index (χ4n) is 1.39. The molecule has 4 heteroatoms. The Morgan fingerprint density at radius 3 is 2.14 bits per heavy atom. The Morgan fingerprint density at radius 1 is 1.21 bits per heavy atom. The predicted octanol–water partition coefficient (Wildman–Crippen LogP) is 2.12. The van der Waals surface area contributed by atoms with E-state index in [1.807, 2.05) is 19.1 Å². The maximum atomic E-state index is 11.2. The van der Waals surface area contributed by atoms with Crippen molar-refractivity contribution >= 4 is 10.1 Å². The van der Waals surface area contributed by atoms with Gasteiger partial charge in [0.05, 0.1) is 0 Å². The van der Waals surface area contributed by atoms with E-state index in [0.717, 1.165) is 5.56 Å². The molecule has 1 N–H and O–H groups in total. The topological polar surface area (TPSA) is 54.4 Å². The smallest absolute Gasteiger partial charge is 0.274 e. The predicted molar refractivity (Wildman–Crippen MR) is 55.8 cm³/mol. The highest BCUT2D eigenvalue weighted by Gasteiger charge is 2.35. The average Bonchev–Trinajstić information content (AvgIpc) is 2.02. The lowest BCUT2D eigenvalue weighted by Crippen LogP contribution is -2.29. The molecular weight excluding hydrogens is 200 g/mol. The van der Waals surface area contributed by atoms with E-state index in [1.54, 1.807) is 12.1 Å². The summed E-state index contributed by atoms with van der Waals surface area (Å²) in [6, 6.07) is 7.12. The molecule has 1 aromatic rings. The highest BCUT2D eigenvalue weighted by molar-refractivity contribution is 7.86. The zero-order valence-electron chi connectivity index (χ0n) is 8.48. The van der Waals surface area contributed by atoms with Gasteiger partial charge in [-0.15, -0.1) is 0 Å². The van der Waals surface area contributed by atoms with E-state index in [0.29, 0.717) is 5.56 Å². The van der Waals surface area contributed by atoms with Gasteiger partial charge in [-0.2, -0.15) is 8.42 Å². The third-order valence-electron chi connectivity index (χ3n) is 2.44. The van der Waals surface area contributed by atoms with E-state index in [9.17, 15) is 8.42 Å². The highest BCUT2D eigenvalue weighted by atomic mass is 32.2. The summed E-state index contributed by atoms with van der Waals surface area (Å²) < 4.78 is 30.2. The van der Waals surface area contributed by atoms with Crippen LogP contribution in [0.15, 0.2) is 24.3 Å². The van der Waals surface area contributed by atoms with Crippen LogP contribution in [0.2, 0.25) is 0 Å². The Labute approximate surface area is 84.5 Å². The number of hydrogen-bond acceptors (Lipinski definition) is 2. The Balaban J connectivity index is 3.38. The van der Waals surface area contributed by atoms with Crippen LogP contribution in [0.3, 0.4) is 0 Å². The monoisotopic (exact) mass is 214 g/mol. The van der Waals surface area contributed by atoms with Crippen LogP contribution in [0.25, 0.3) is 0 Å². The van der Waals surface area contributed by atoms with Crippen LogP contribution in [0.4, 0.5) is 0 Å². The molecule has 0 aromatic heterocycles. The molecule has 0 atom stereocenters. The maximum Gasteiger partial charge on any atom is 0.274 e. The Hall–Kier alpha value is -0.870. The van der Waals surface area contributed by atoms with E-state index in [4.69, 9.17) is 4.55 Å². The van der Waals surface area contributed by atoms with E-state index < -0.39 is 14.9 Å². The first-order chi connectivity index (χ1) is 6.27. The Kier molecular flexibility index (Phi) is 2.69. The number of rotatable bonds is 2. The number of benzene rings is 1. The first-order valence-electron chi connectivity index (χ1n) is 4.30. The minimum absolute atomic E-state index is 0.627. The van der Waals surface area contributed by atoms with Crippen molar-refractivity contribution in [3.63, 3.8) is 0 Å². The summed E-state index contributed by atoms with van der Waals surface area (Å²) >= 11 is 0. The lowest BCUT2D eigenvalue weighted by molar-refractivity contribution is 0.445. The largest absolute Gasteiger partial charge is 0.285 e. The molecule has 0 saturated heterocycles. The van der Waals surface area contributed by atoms with Crippen molar-refractivity contribution in [1.29, 1.82) is 0 Å². The second-order valence-electron chi connectivity index (χ2n) is 3.80. The van der Waals surface area contributed by atoms with Crippen LogP contribution in [0.5, 0.6) is 0 Å². The summed E-state index contributed by atoms with van der Waals surface area (Å²) in [5, 5.41) is 0. The molecule has 0 bridgehead atoms. The molecule has 0 heterocycles. The molecule has 0 aliphatic carbocycles. The van der Waals surface area contributed by atoms with E-state index in [1.165, 1.54) is 13.8 Å². The van der Waals surface area contributed by atoms with Crippen molar-refractivity contribution in [1.82, 2.24) is 0 Å². The lowest BCUT2D eigenvalue weighted by atomic mass is 9.97. The van der Waals surface area contributed by atoms with Crippen molar-refractivity contribution in [3.8, 4) is 0 Å². The highest BCUT2D eigenvalue weighted by Crippen LogP contribution is 2.30. The first kappa shape index (κ1) is 11.2. The van der Waals surface area contributed by atoms with Crippen molar-refractivity contribution < 1.29 is 13.0 Å². The van der Waals surface area contributed by atoms with Gasteiger partial charge in [-0.1, -0.05) is 24.3 Å². The molecule has 1 rings (SSSR count). The molecular formula is C10H14O3S. The molecule has 0 saturated carbocycles. The van der Waals surface area contributed by atoms with E-state index in [-0.39, 0.29) is 0 Å². The summed E-state index contributed by atoms with van der Waals surface area (Å²) in [6.45, 7) is 4.80. The van der Waals surface area contributed by atoms with Gasteiger partial charge in [0.15, 0.2) is 0 Å². The second kappa shape index (κ2) is 3.37. The summed E-state index contributed by atoms with van der Waals surface area (Å²) in [4.78, 5) is 0. The third-order valence-corrected chi connectivity index (χ3v) is 3.95. The number of hydrogen-bond donors (Lipinski definition) is 1. The molecule has 14 heavy (non-hydrogen) atoms. The molecule has 0 aliphatic rings. The van der Waals surface area contributed by atoms with Gasteiger partial charge in [-0.05, 0) is 31.9 Å². The molecule has 1 aromatic carbocycles. The molecule has 0 fully saturated rings. The van der Waals surface area contributed by atoms with Gasteiger partial charge in [-0.3, -0.25) is 4.55 Å². The molecule has 0 aliphatic heterocycles. The summed E-state index contributed by atoms with van der Waals surface area (Å²) in [5.41, 5.74) is 1.48. The van der Waals surface area contributed by atoms with Gasteiger partial charge in [-0.25, -0.2) is 0 Å². The summed E-state index contributed by atoms with van der Waals surface area (Å²) in [6.07, 6.45) is 0. The standard InChI is InChI=1S/C10H14O3S/c1-8-6-4-5-7-9(8)10(2,3)14(11,12)13/h4-7H,1-3H3,(H,11,12,13).